The Labute approximate surface area is 793 Å². The van der Waals surface area contributed by atoms with Crippen molar-refractivity contribution < 1.29 is 0 Å². The van der Waals surface area contributed by atoms with Crippen LogP contribution in [0.4, 0.5) is 0 Å². The Morgan fingerprint density at radius 2 is 0.413 bits per heavy atom. The average molecular weight is 1760 g/mol. The number of aromatic nitrogens is 10. The van der Waals surface area contributed by atoms with Crippen molar-refractivity contribution in [3.8, 4) is 124 Å². The molecule has 0 N–H and O–H groups in total. The molecule has 0 fully saturated rings. The number of hydrogen-bond acceptors (Lipinski definition) is 6. The first-order valence-corrected chi connectivity index (χ1v) is 46.9. The van der Waals surface area contributed by atoms with Crippen molar-refractivity contribution >= 4 is 141 Å². The van der Waals surface area contributed by atoms with Gasteiger partial charge in [-0.1, -0.05) is 382 Å². The molecule has 6 aromatic heterocycles. The van der Waals surface area contributed by atoms with Gasteiger partial charge in [0.1, 0.15) is 0 Å². The smallest absolute Gasteiger partial charge is 0.164 e. The summed E-state index contributed by atoms with van der Waals surface area (Å²) >= 11 is 0. The molecule has 28 rings (SSSR count). The van der Waals surface area contributed by atoms with E-state index in [4.69, 9.17) is 29.9 Å². The van der Waals surface area contributed by atoms with Crippen LogP contribution >= 0.6 is 0 Å². The van der Waals surface area contributed by atoms with Gasteiger partial charge in [-0.15, -0.1) is 0 Å². The van der Waals surface area contributed by atoms with E-state index in [0.717, 1.165) is 127 Å². The van der Waals surface area contributed by atoms with E-state index in [0.29, 0.717) is 34.9 Å². The lowest BCUT2D eigenvalue weighted by atomic mass is 9.94. The topological polar surface area (TPSA) is 97.1 Å². The predicted octanol–water partition coefficient (Wildman–Crippen LogP) is 32.9. The van der Waals surface area contributed by atoms with Gasteiger partial charge in [-0.05, 0) is 180 Å². The molecule has 0 aliphatic carbocycles. The van der Waals surface area contributed by atoms with E-state index in [9.17, 15) is 0 Å². The van der Waals surface area contributed by atoms with Gasteiger partial charge in [0.15, 0.2) is 34.9 Å². The monoisotopic (exact) mass is 1760 g/mol. The van der Waals surface area contributed by atoms with Crippen molar-refractivity contribution in [3.63, 3.8) is 0 Å². The van der Waals surface area contributed by atoms with Gasteiger partial charge < -0.3 is 18.3 Å². The summed E-state index contributed by atoms with van der Waals surface area (Å²) in [5.74, 6) is 3.72. The van der Waals surface area contributed by atoms with E-state index in [1.807, 2.05) is 42.5 Å². The zero-order valence-electron chi connectivity index (χ0n) is 74.7. The molecule has 0 aliphatic rings. The number of para-hydroxylation sites is 4. The van der Waals surface area contributed by atoms with Gasteiger partial charge in [-0.3, -0.25) is 0 Å². The summed E-state index contributed by atoms with van der Waals surface area (Å²) in [7, 11) is 0. The minimum Gasteiger partial charge on any atom is -0.309 e. The lowest BCUT2D eigenvalue weighted by molar-refractivity contribution is 1.07. The fourth-order valence-corrected chi connectivity index (χ4v) is 21.3. The molecule has 10 nitrogen and oxygen atoms in total. The van der Waals surface area contributed by atoms with Crippen molar-refractivity contribution in [2.75, 3.05) is 0 Å². The van der Waals surface area contributed by atoms with Crippen LogP contribution in [0.2, 0.25) is 0 Å². The molecule has 0 radical (unpaired) electrons. The van der Waals surface area contributed by atoms with Crippen molar-refractivity contribution in [1.29, 1.82) is 0 Å². The molecular formula is C128H80N10. The summed E-state index contributed by atoms with van der Waals surface area (Å²) < 4.78 is 9.84. The fourth-order valence-electron chi connectivity index (χ4n) is 21.3. The van der Waals surface area contributed by atoms with E-state index in [1.165, 1.54) is 103 Å². The van der Waals surface area contributed by atoms with Crippen molar-refractivity contribution in [3.05, 3.63) is 485 Å². The zero-order valence-corrected chi connectivity index (χ0v) is 74.7. The van der Waals surface area contributed by atoms with E-state index in [-0.39, 0.29) is 0 Å². The second kappa shape index (κ2) is 32.7. The van der Waals surface area contributed by atoms with Crippen LogP contribution in [0.1, 0.15) is 0 Å². The molecule has 22 aromatic carbocycles. The highest BCUT2D eigenvalue weighted by Gasteiger charge is 2.28. The first-order chi connectivity index (χ1) is 68.4. The maximum absolute atomic E-state index is 5.29. The van der Waals surface area contributed by atoms with Gasteiger partial charge in [-0.25, -0.2) is 29.9 Å². The van der Waals surface area contributed by atoms with E-state index >= 15 is 0 Å². The molecule has 0 saturated carbocycles. The Morgan fingerprint density at radius 3 is 0.833 bits per heavy atom. The number of hydrogen-bond donors (Lipinski definition) is 0. The highest BCUT2D eigenvalue weighted by atomic mass is 15.1. The summed E-state index contributed by atoms with van der Waals surface area (Å²) in [5, 5.41) is 21.4. The molecule has 0 spiro atoms. The molecule has 10 heteroatoms. The third-order valence-corrected chi connectivity index (χ3v) is 27.6. The molecular weight excluding hydrogens is 1680 g/mol. The highest BCUT2D eigenvalue weighted by Crippen LogP contribution is 2.50. The first kappa shape index (κ1) is 79.1. The van der Waals surface area contributed by atoms with Gasteiger partial charge in [0.2, 0.25) is 0 Å². The summed E-state index contributed by atoms with van der Waals surface area (Å²) in [6.45, 7) is 0. The van der Waals surface area contributed by atoms with Crippen LogP contribution in [0.25, 0.3) is 266 Å². The van der Waals surface area contributed by atoms with Gasteiger partial charge in [0.05, 0.1) is 55.5 Å². The molecule has 0 unspecified atom stereocenters. The molecule has 0 aliphatic heterocycles. The zero-order chi connectivity index (χ0) is 90.8. The van der Waals surface area contributed by atoms with Gasteiger partial charge in [0, 0.05) is 98.6 Å². The van der Waals surface area contributed by atoms with E-state index in [1.54, 1.807) is 0 Å². The summed E-state index contributed by atoms with van der Waals surface area (Å²) in [6.07, 6.45) is 0. The Kier molecular flexibility index (Phi) is 18.7. The van der Waals surface area contributed by atoms with Gasteiger partial charge in [0.25, 0.3) is 0 Å². The van der Waals surface area contributed by atoms with Gasteiger partial charge in [-0.2, -0.15) is 0 Å². The Morgan fingerprint density at radius 1 is 0.130 bits per heavy atom. The number of benzene rings is 22. The van der Waals surface area contributed by atoms with E-state index < -0.39 is 0 Å². The van der Waals surface area contributed by atoms with Gasteiger partial charge >= 0.3 is 0 Å². The maximum atomic E-state index is 5.29. The average Bonchev–Trinajstić information content (AvgIpc) is 1.54. The van der Waals surface area contributed by atoms with Crippen molar-refractivity contribution in [2.24, 2.45) is 0 Å². The summed E-state index contributed by atoms with van der Waals surface area (Å²) in [5.41, 5.74) is 26.1. The SMILES string of the molecule is c1ccc(-c2ccc(-c3nc(-c4ccccc4)nc(-c4cc(-n5c6ccccc6c6cc7c8c9ccccc9c(-c9ccccc9)cc8n(-c8ccccc8)c7cc65)c5ccccc5c4)n3)cc2)cc1.c1ccc(-c2nc(-c3ccc4ccccc4c3)nc(-c3cc(-n4c5ccccc5c5cc6c7c8ccccc8c(-c8ccccc8)cc7n(-c7ccccc7)c6cc54)c4ccccc4c3)n2)cc1. The third kappa shape index (κ3) is 13.3. The second-order valence-electron chi connectivity index (χ2n) is 35.6. The van der Waals surface area contributed by atoms with Crippen molar-refractivity contribution in [1.82, 2.24) is 48.2 Å². The van der Waals surface area contributed by atoms with Crippen LogP contribution in [0.5, 0.6) is 0 Å². The van der Waals surface area contributed by atoms with Crippen LogP contribution in [-0.4, -0.2) is 48.2 Å². The predicted molar refractivity (Wildman–Crippen MR) is 573 cm³/mol. The number of rotatable bonds is 13. The quantitative estimate of drug-likeness (QED) is 0.114. The first-order valence-electron chi connectivity index (χ1n) is 46.9. The Hall–Kier alpha value is -18.6. The Balaban J connectivity index is 0.000000139. The Bertz CT molecular complexity index is 9740. The highest BCUT2D eigenvalue weighted by molar-refractivity contribution is 6.30. The lowest BCUT2D eigenvalue weighted by Gasteiger charge is -2.15. The normalized spacial score (nSPS) is 11.8. The van der Waals surface area contributed by atoms with Crippen LogP contribution < -0.4 is 0 Å². The molecule has 0 amide bonds. The minimum absolute atomic E-state index is 0.608. The third-order valence-electron chi connectivity index (χ3n) is 27.6. The molecule has 138 heavy (non-hydrogen) atoms. The molecule has 28 aromatic rings. The number of nitrogens with zero attached hydrogens (tertiary/aromatic N) is 10. The van der Waals surface area contributed by atoms with Crippen LogP contribution in [0.3, 0.4) is 0 Å². The second-order valence-corrected chi connectivity index (χ2v) is 35.6. The van der Waals surface area contributed by atoms with E-state index in [2.05, 4.69) is 461 Å². The summed E-state index contributed by atoms with van der Waals surface area (Å²) in [4.78, 5) is 31.3. The molecule has 6 heterocycles. The fraction of sp³-hybridized carbons (Fsp3) is 0. The maximum Gasteiger partial charge on any atom is 0.164 e. The van der Waals surface area contributed by atoms with Crippen LogP contribution in [-0.2, 0) is 0 Å². The van der Waals surface area contributed by atoms with Crippen LogP contribution in [0, 0.1) is 0 Å². The largest absolute Gasteiger partial charge is 0.309 e. The lowest BCUT2D eigenvalue weighted by Crippen LogP contribution is -2.02. The van der Waals surface area contributed by atoms with Crippen LogP contribution in [0.15, 0.2) is 485 Å². The standard InChI is InChI=1S/C65H41N5.C63H39N5/c1-5-19-42(20-6-1)43-33-35-46(36-34-43)64-66-63(45-23-9-3-10-24-45)67-65(68-64)48-37-47-25-13-14-28-50(47)58(38-48)70-57-32-18-17-30-52(57)55-39-56-60(41-59(55)70)69(49-26-11-4-12-27-49)61-40-54(44-21-7-2-8-22-44)51-29-15-16-31-53(51)62(56)61;1-4-19-41(20-5-1)52-38-59-60(51-30-15-14-28-49(51)52)54-37-53-50-29-16-17-31-55(50)68(57(53)39-58(54)67(59)47-25-8-3-9-26-47)56-36-46(35-44-24-12-13-27-48(44)56)63-65-61(42-21-6-2-7-22-42)64-62(66-63)45-33-32-40-18-10-11-23-43(40)34-45/h1-41H;1-39H. The molecule has 0 atom stereocenters. The minimum atomic E-state index is 0.608. The molecule has 642 valence electrons. The van der Waals surface area contributed by atoms with Crippen molar-refractivity contribution in [2.45, 2.75) is 0 Å². The summed E-state index contributed by atoms with van der Waals surface area (Å²) in [6, 6.07) is 174. The molecule has 0 bridgehead atoms. The number of fused-ring (bicyclic) bond motifs is 19. The molecule has 0 saturated heterocycles.